The van der Waals surface area contributed by atoms with Crippen LogP contribution in [0.2, 0.25) is 0 Å². The molecule has 0 amide bonds. The Kier molecular flexibility index (Phi) is 2.18. The average Bonchev–Trinajstić information content (AvgIpc) is 2.70. The quantitative estimate of drug-likeness (QED) is 0.709. The van der Waals surface area contributed by atoms with E-state index in [1.165, 1.54) is 6.07 Å². The molecule has 4 nitrogen and oxygen atoms in total. The van der Waals surface area contributed by atoms with Crippen LogP contribution in [0.1, 0.15) is 10.4 Å². The van der Waals surface area contributed by atoms with Gasteiger partial charge in [0.25, 0.3) is 11.7 Å². The van der Waals surface area contributed by atoms with Gasteiger partial charge in [-0.3, -0.25) is 4.79 Å². The number of hydrogen-bond acceptors (Lipinski definition) is 4. The Bertz CT molecular complexity index is 398. The second-order valence-electron chi connectivity index (χ2n) is 2.88. The van der Waals surface area contributed by atoms with Crippen LogP contribution in [-0.4, -0.2) is 29.9 Å². The van der Waals surface area contributed by atoms with Gasteiger partial charge in [0.15, 0.2) is 0 Å². The van der Waals surface area contributed by atoms with Crippen LogP contribution in [0.15, 0.2) is 29.3 Å². The van der Waals surface area contributed by atoms with E-state index in [0.29, 0.717) is 13.2 Å². The van der Waals surface area contributed by atoms with Crippen LogP contribution in [-0.2, 0) is 4.74 Å². The van der Waals surface area contributed by atoms with Crippen molar-refractivity contribution in [1.29, 1.82) is 0 Å². The van der Waals surface area contributed by atoms with Crippen molar-refractivity contribution < 1.29 is 14.6 Å². The minimum absolute atomic E-state index is 0.0456. The Morgan fingerprint density at radius 1 is 1.43 bits per heavy atom. The number of ketones is 1. The zero-order chi connectivity index (χ0) is 9.97. The summed E-state index contributed by atoms with van der Waals surface area (Å²) in [6.07, 6.45) is 0. The first-order chi connectivity index (χ1) is 6.79. The fourth-order valence-corrected chi connectivity index (χ4v) is 1.25. The van der Waals surface area contributed by atoms with Crippen molar-refractivity contribution in [2.75, 3.05) is 13.2 Å². The van der Waals surface area contributed by atoms with E-state index in [9.17, 15) is 9.90 Å². The van der Waals surface area contributed by atoms with Gasteiger partial charge in [-0.2, -0.15) is 0 Å². The molecule has 14 heavy (non-hydrogen) atoms. The van der Waals surface area contributed by atoms with Crippen LogP contribution in [0.3, 0.4) is 0 Å². The van der Waals surface area contributed by atoms with Gasteiger partial charge in [0.1, 0.15) is 12.4 Å². The van der Waals surface area contributed by atoms with Crippen LogP contribution in [0.25, 0.3) is 0 Å². The summed E-state index contributed by atoms with van der Waals surface area (Å²) in [5.74, 6) is -0.317. The number of nitrogens with zero attached hydrogens (tertiary/aromatic N) is 1. The Balaban J connectivity index is 2.31. The molecule has 0 bridgehead atoms. The maximum atomic E-state index is 11.7. The topological polar surface area (TPSA) is 58.9 Å². The van der Waals surface area contributed by atoms with Crippen molar-refractivity contribution in [3.8, 4) is 5.75 Å². The number of aliphatic imine (C=N–C) groups is 1. The number of phenolic OH excluding ortho intramolecular Hbond substituents is 1. The average molecular weight is 191 g/mol. The monoisotopic (exact) mass is 191 g/mol. The molecule has 0 fully saturated rings. The van der Waals surface area contributed by atoms with E-state index in [4.69, 9.17) is 4.74 Å². The van der Waals surface area contributed by atoms with Crippen LogP contribution >= 0.6 is 0 Å². The number of ether oxygens (including phenoxy) is 1. The minimum Gasteiger partial charge on any atom is -0.507 e. The number of para-hydroxylation sites is 1. The fourth-order valence-electron chi connectivity index (χ4n) is 1.25. The van der Waals surface area contributed by atoms with Gasteiger partial charge in [-0.1, -0.05) is 12.1 Å². The van der Waals surface area contributed by atoms with Crippen LogP contribution in [0, 0.1) is 0 Å². The molecule has 0 aliphatic carbocycles. The van der Waals surface area contributed by atoms with E-state index in [2.05, 4.69) is 4.99 Å². The molecule has 2 rings (SSSR count). The third kappa shape index (κ3) is 1.46. The number of carbonyl (C=O) groups excluding carboxylic acids is 1. The largest absolute Gasteiger partial charge is 0.507 e. The summed E-state index contributed by atoms with van der Waals surface area (Å²) in [4.78, 5) is 15.5. The highest BCUT2D eigenvalue weighted by Crippen LogP contribution is 2.17. The Morgan fingerprint density at radius 3 is 2.86 bits per heavy atom. The van der Waals surface area contributed by atoms with Crippen molar-refractivity contribution in [3.05, 3.63) is 29.8 Å². The highest BCUT2D eigenvalue weighted by molar-refractivity contribution is 6.43. The zero-order valence-electron chi connectivity index (χ0n) is 7.43. The molecule has 4 heteroatoms. The van der Waals surface area contributed by atoms with Crippen LogP contribution in [0.5, 0.6) is 5.75 Å². The number of phenols is 1. The Hall–Kier alpha value is -1.84. The minimum atomic E-state index is -0.361. The molecule has 0 radical (unpaired) electrons. The normalized spacial score (nSPS) is 14.7. The fraction of sp³-hybridized carbons (Fsp3) is 0.200. The lowest BCUT2D eigenvalue weighted by atomic mass is 10.1. The number of aromatic hydroxyl groups is 1. The number of hydrogen-bond donors (Lipinski definition) is 1. The molecule has 0 unspecified atom stereocenters. The lowest BCUT2D eigenvalue weighted by Gasteiger charge is -2.02. The smallest absolute Gasteiger partial charge is 0.258 e. The first-order valence-electron chi connectivity index (χ1n) is 4.29. The van der Waals surface area contributed by atoms with Crippen LogP contribution in [0.4, 0.5) is 0 Å². The summed E-state index contributed by atoms with van der Waals surface area (Å²) in [6.45, 7) is 0.948. The van der Waals surface area contributed by atoms with Gasteiger partial charge in [0.2, 0.25) is 0 Å². The van der Waals surface area contributed by atoms with Gasteiger partial charge in [0, 0.05) is 0 Å². The number of rotatable bonds is 2. The lowest BCUT2D eigenvalue weighted by Crippen LogP contribution is -2.14. The van der Waals surface area contributed by atoms with Gasteiger partial charge >= 0.3 is 0 Å². The lowest BCUT2D eigenvalue weighted by molar-refractivity contribution is 0.103. The standard InChI is InChI=1S/C10H9NO3/c12-8-4-2-1-3-7(8)9(13)10-11-5-6-14-10/h1-4,12H,5-6H2. The van der Waals surface area contributed by atoms with E-state index in [0.717, 1.165) is 0 Å². The van der Waals surface area contributed by atoms with Gasteiger partial charge in [0.05, 0.1) is 12.1 Å². The van der Waals surface area contributed by atoms with Crippen LogP contribution < -0.4 is 0 Å². The van der Waals surface area contributed by atoms with Crippen molar-refractivity contribution in [2.24, 2.45) is 4.99 Å². The first kappa shape index (κ1) is 8.74. The van der Waals surface area contributed by atoms with Gasteiger partial charge in [-0.05, 0) is 12.1 Å². The maximum absolute atomic E-state index is 11.7. The molecule has 1 aliphatic heterocycles. The van der Waals surface area contributed by atoms with E-state index in [1.54, 1.807) is 18.2 Å². The number of carbonyl (C=O) groups is 1. The third-order valence-corrected chi connectivity index (χ3v) is 1.93. The molecule has 1 aromatic rings. The van der Waals surface area contributed by atoms with E-state index in [-0.39, 0.29) is 23.0 Å². The SMILES string of the molecule is O=C(C1=NCCO1)c1ccccc1O. The summed E-state index contributed by atoms with van der Waals surface area (Å²) in [5, 5.41) is 9.41. The molecule has 0 saturated carbocycles. The highest BCUT2D eigenvalue weighted by atomic mass is 16.5. The molecule has 1 heterocycles. The van der Waals surface area contributed by atoms with E-state index >= 15 is 0 Å². The molecule has 72 valence electrons. The molecular weight excluding hydrogens is 182 g/mol. The molecular formula is C10H9NO3. The Morgan fingerprint density at radius 2 is 2.21 bits per heavy atom. The molecule has 1 N–H and O–H groups in total. The Labute approximate surface area is 80.8 Å². The molecule has 1 aliphatic rings. The number of benzene rings is 1. The van der Waals surface area contributed by atoms with Crippen molar-refractivity contribution in [2.45, 2.75) is 0 Å². The summed E-state index contributed by atoms with van der Waals surface area (Å²) >= 11 is 0. The third-order valence-electron chi connectivity index (χ3n) is 1.93. The highest BCUT2D eigenvalue weighted by Gasteiger charge is 2.21. The summed E-state index contributed by atoms with van der Waals surface area (Å²) < 4.78 is 5.01. The van der Waals surface area contributed by atoms with E-state index < -0.39 is 0 Å². The molecule has 0 saturated heterocycles. The summed E-state index contributed by atoms with van der Waals surface area (Å²) in [5.41, 5.74) is 0.230. The molecule has 0 spiro atoms. The maximum Gasteiger partial charge on any atom is 0.258 e. The zero-order valence-corrected chi connectivity index (χ0v) is 7.43. The van der Waals surface area contributed by atoms with Gasteiger partial charge in [-0.25, -0.2) is 4.99 Å². The van der Waals surface area contributed by atoms with E-state index in [1.807, 2.05) is 0 Å². The second kappa shape index (κ2) is 3.49. The second-order valence-corrected chi connectivity index (χ2v) is 2.88. The number of Topliss-reactive ketones (excluding diaryl/α,β-unsaturated/α-hetero) is 1. The molecule has 0 aromatic heterocycles. The first-order valence-corrected chi connectivity index (χ1v) is 4.29. The van der Waals surface area contributed by atoms with Crippen molar-refractivity contribution >= 4 is 11.7 Å². The van der Waals surface area contributed by atoms with Crippen molar-refractivity contribution in [3.63, 3.8) is 0 Å². The van der Waals surface area contributed by atoms with Crippen molar-refractivity contribution in [1.82, 2.24) is 0 Å². The van der Waals surface area contributed by atoms with Gasteiger partial charge in [-0.15, -0.1) is 0 Å². The molecule has 0 atom stereocenters. The molecule has 1 aromatic carbocycles. The predicted molar refractivity (Wildman–Crippen MR) is 50.7 cm³/mol. The predicted octanol–water partition coefficient (Wildman–Crippen LogP) is 1.00. The van der Waals surface area contributed by atoms with Gasteiger partial charge < -0.3 is 9.84 Å². The summed E-state index contributed by atoms with van der Waals surface area (Å²) in [7, 11) is 0. The summed E-state index contributed by atoms with van der Waals surface area (Å²) in [6, 6.07) is 6.34.